The molecule has 4 heterocycles. The normalized spacial score (nSPS) is 40.1. The van der Waals surface area contributed by atoms with Gasteiger partial charge in [-0.2, -0.15) is 18.3 Å². The molecule has 0 aromatic rings. The van der Waals surface area contributed by atoms with Crippen molar-refractivity contribution in [3.05, 3.63) is 12.0 Å². The summed E-state index contributed by atoms with van der Waals surface area (Å²) < 4.78 is 44.0. The van der Waals surface area contributed by atoms with E-state index in [9.17, 15) is 23.1 Å². The lowest BCUT2D eigenvalue weighted by atomic mass is 9.66. The SMILES string of the molecule is COC1=CN=CC(C2CC(C)C3C(=O)N(C4C=NN(CC(F)(F)F)C4)C4(CC(O)C4)C3=N2)C1. The molecule has 1 saturated carbocycles. The maximum atomic E-state index is 13.6. The molecule has 5 atom stereocenters. The number of aliphatic hydroxyl groups is 1. The number of ether oxygens (including phenoxy) is 1. The Kier molecular flexibility index (Phi) is 5.30. The Morgan fingerprint density at radius 1 is 1.30 bits per heavy atom. The number of likely N-dealkylation sites (tertiary alicyclic amines) is 1. The minimum absolute atomic E-state index is 0.0157. The number of aliphatic imine (C=N–C) groups is 2. The fourth-order valence-corrected chi connectivity index (χ4v) is 6.12. The topological polar surface area (TPSA) is 90.1 Å². The van der Waals surface area contributed by atoms with Crippen LogP contribution in [-0.2, 0) is 9.53 Å². The lowest BCUT2D eigenvalue weighted by molar-refractivity contribution is -0.148. The van der Waals surface area contributed by atoms with E-state index in [0.29, 0.717) is 25.7 Å². The second-order valence-corrected chi connectivity index (χ2v) is 9.83. The van der Waals surface area contributed by atoms with Crippen molar-refractivity contribution in [1.29, 1.82) is 0 Å². The summed E-state index contributed by atoms with van der Waals surface area (Å²) in [6.45, 7) is 0.858. The number of methoxy groups -OCH3 is 1. The number of alkyl halides is 3. The molecule has 5 rings (SSSR count). The summed E-state index contributed by atoms with van der Waals surface area (Å²) in [5, 5.41) is 15.1. The van der Waals surface area contributed by atoms with Gasteiger partial charge in [0, 0.05) is 37.6 Å². The molecule has 11 heteroatoms. The quantitative estimate of drug-likeness (QED) is 0.685. The van der Waals surface area contributed by atoms with Crippen LogP contribution < -0.4 is 0 Å². The standard InChI is InChI=1S/C22H28F3N5O3/c1-12-3-17(13-4-16(33-2)9-26-7-13)28-19-18(12)20(32)30(21(19)5-15(31)6-21)14-8-27-29(10-14)11-22(23,24)25/h7-9,12-15,17-18,31H,3-6,10-11H2,1-2H3. The van der Waals surface area contributed by atoms with E-state index in [2.05, 4.69) is 10.1 Å². The first-order valence-electron chi connectivity index (χ1n) is 11.3. The average molecular weight is 467 g/mol. The van der Waals surface area contributed by atoms with Crippen molar-refractivity contribution in [2.75, 3.05) is 20.2 Å². The van der Waals surface area contributed by atoms with Crippen molar-refractivity contribution < 1.29 is 27.8 Å². The van der Waals surface area contributed by atoms with Gasteiger partial charge >= 0.3 is 6.18 Å². The highest BCUT2D eigenvalue weighted by molar-refractivity contribution is 6.17. The van der Waals surface area contributed by atoms with Gasteiger partial charge < -0.3 is 14.7 Å². The summed E-state index contributed by atoms with van der Waals surface area (Å²) >= 11 is 0. The third-order valence-electron chi connectivity index (χ3n) is 7.55. The van der Waals surface area contributed by atoms with Gasteiger partial charge in [-0.15, -0.1) is 0 Å². The molecule has 5 unspecified atom stereocenters. The highest BCUT2D eigenvalue weighted by Crippen LogP contribution is 2.52. The highest BCUT2D eigenvalue weighted by atomic mass is 19.4. The number of carbonyl (C=O) groups is 1. The van der Waals surface area contributed by atoms with Crippen molar-refractivity contribution in [3.63, 3.8) is 0 Å². The average Bonchev–Trinajstić information content (AvgIpc) is 3.27. The van der Waals surface area contributed by atoms with Gasteiger partial charge in [0.1, 0.15) is 12.3 Å². The minimum Gasteiger partial charge on any atom is -0.499 e. The second-order valence-electron chi connectivity index (χ2n) is 9.83. The first-order valence-corrected chi connectivity index (χ1v) is 11.3. The number of carbonyl (C=O) groups excluding carboxylic acids is 1. The van der Waals surface area contributed by atoms with E-state index in [-0.39, 0.29) is 30.3 Å². The van der Waals surface area contributed by atoms with Crippen molar-refractivity contribution in [1.82, 2.24) is 9.91 Å². The number of aliphatic hydroxyl groups excluding tert-OH is 1. The summed E-state index contributed by atoms with van der Waals surface area (Å²) in [4.78, 5) is 24.7. The fraction of sp³-hybridized carbons (Fsp3) is 0.727. The van der Waals surface area contributed by atoms with Gasteiger partial charge in [0.25, 0.3) is 0 Å². The maximum Gasteiger partial charge on any atom is 0.407 e. The molecule has 0 bridgehead atoms. The molecule has 0 aromatic carbocycles. The molecular formula is C22H28F3N5O3. The molecule has 8 nitrogen and oxygen atoms in total. The smallest absolute Gasteiger partial charge is 0.407 e. The molecule has 180 valence electrons. The Morgan fingerprint density at radius 3 is 2.73 bits per heavy atom. The molecule has 1 aliphatic carbocycles. The molecule has 5 aliphatic rings. The summed E-state index contributed by atoms with van der Waals surface area (Å²) in [6, 6.07) is -0.652. The Labute approximate surface area is 189 Å². The molecule has 1 amide bonds. The van der Waals surface area contributed by atoms with E-state index in [1.165, 1.54) is 6.21 Å². The van der Waals surface area contributed by atoms with Crippen LogP contribution in [0.25, 0.3) is 0 Å². The molecule has 1 spiro atoms. The van der Waals surface area contributed by atoms with Crippen LogP contribution >= 0.6 is 0 Å². The Morgan fingerprint density at radius 2 is 2.06 bits per heavy atom. The number of hydrogen-bond donors (Lipinski definition) is 1. The second kappa shape index (κ2) is 7.82. The first-order chi connectivity index (χ1) is 15.6. The zero-order valence-electron chi connectivity index (χ0n) is 18.6. The number of halogens is 3. The van der Waals surface area contributed by atoms with Crippen molar-refractivity contribution >= 4 is 24.0 Å². The van der Waals surface area contributed by atoms with Crippen LogP contribution in [0.15, 0.2) is 27.0 Å². The fourth-order valence-electron chi connectivity index (χ4n) is 6.12. The number of hydrazone groups is 1. The van der Waals surface area contributed by atoms with Crippen LogP contribution in [0.2, 0.25) is 0 Å². The van der Waals surface area contributed by atoms with E-state index in [1.54, 1.807) is 18.2 Å². The summed E-state index contributed by atoms with van der Waals surface area (Å²) in [7, 11) is 1.61. The largest absolute Gasteiger partial charge is 0.499 e. The van der Waals surface area contributed by atoms with E-state index >= 15 is 0 Å². The van der Waals surface area contributed by atoms with Gasteiger partial charge in [0.2, 0.25) is 5.91 Å². The van der Waals surface area contributed by atoms with Gasteiger partial charge in [-0.25, -0.2) is 0 Å². The van der Waals surface area contributed by atoms with E-state index in [4.69, 9.17) is 9.73 Å². The predicted molar refractivity (Wildman–Crippen MR) is 115 cm³/mol. The number of nitrogens with zero attached hydrogens (tertiary/aromatic N) is 5. The third kappa shape index (κ3) is 3.74. The number of hydrogen-bond acceptors (Lipinski definition) is 7. The molecule has 1 N–H and O–H groups in total. The molecule has 2 fully saturated rings. The van der Waals surface area contributed by atoms with Crippen molar-refractivity contribution in [2.45, 2.75) is 62.5 Å². The van der Waals surface area contributed by atoms with Gasteiger partial charge in [-0.1, -0.05) is 6.92 Å². The van der Waals surface area contributed by atoms with Crippen LogP contribution in [0, 0.1) is 17.8 Å². The molecule has 33 heavy (non-hydrogen) atoms. The van der Waals surface area contributed by atoms with Crippen LogP contribution in [0.1, 0.15) is 32.6 Å². The van der Waals surface area contributed by atoms with Crippen molar-refractivity contribution in [2.24, 2.45) is 32.8 Å². The van der Waals surface area contributed by atoms with Gasteiger partial charge in [0.05, 0.1) is 55.2 Å². The molecule has 0 radical (unpaired) electrons. The first kappa shape index (κ1) is 22.4. The number of rotatable bonds is 4. The van der Waals surface area contributed by atoms with Gasteiger partial charge in [-0.3, -0.25) is 19.8 Å². The van der Waals surface area contributed by atoms with E-state index in [1.807, 2.05) is 13.1 Å². The predicted octanol–water partition coefficient (Wildman–Crippen LogP) is 2.00. The summed E-state index contributed by atoms with van der Waals surface area (Å²) in [5.74, 6) is 0.303. The van der Waals surface area contributed by atoms with Crippen LogP contribution in [0.3, 0.4) is 0 Å². The Balaban J connectivity index is 1.44. The highest BCUT2D eigenvalue weighted by Gasteiger charge is 2.65. The summed E-state index contributed by atoms with van der Waals surface area (Å²) in [5.41, 5.74) is 0.0104. The molecule has 0 aromatic heterocycles. The zero-order valence-corrected chi connectivity index (χ0v) is 18.6. The molecule has 4 aliphatic heterocycles. The minimum atomic E-state index is -4.37. The van der Waals surface area contributed by atoms with Crippen LogP contribution in [0.4, 0.5) is 13.2 Å². The van der Waals surface area contributed by atoms with E-state index in [0.717, 1.165) is 16.5 Å². The lowest BCUT2D eigenvalue weighted by Gasteiger charge is -2.51. The molecule has 1 saturated heterocycles. The number of amides is 1. The summed E-state index contributed by atoms with van der Waals surface area (Å²) in [6.07, 6.45) is 2.13. The Hall–Kier alpha value is -2.43. The van der Waals surface area contributed by atoms with Gasteiger partial charge in [0.15, 0.2) is 0 Å². The monoisotopic (exact) mass is 467 g/mol. The number of allylic oxidation sites excluding steroid dienone is 1. The van der Waals surface area contributed by atoms with Crippen molar-refractivity contribution in [3.8, 4) is 0 Å². The molecular weight excluding hydrogens is 439 g/mol. The van der Waals surface area contributed by atoms with Gasteiger partial charge in [-0.05, 0) is 12.3 Å². The zero-order chi connectivity index (χ0) is 23.5. The maximum absolute atomic E-state index is 13.6. The van der Waals surface area contributed by atoms with E-state index < -0.39 is 36.3 Å². The van der Waals surface area contributed by atoms with Crippen LogP contribution in [-0.4, -0.2) is 89.2 Å². The Bertz CT molecular complexity index is 940. The number of fused-ring (bicyclic) bond motifs is 2. The van der Waals surface area contributed by atoms with Crippen LogP contribution in [0.5, 0.6) is 0 Å². The third-order valence-corrected chi connectivity index (χ3v) is 7.55. The lowest BCUT2D eigenvalue weighted by Crippen LogP contribution is -2.64.